The molecule has 10 nitrogen and oxygen atoms in total. The fourth-order valence-electron chi connectivity index (χ4n) is 2.14. The molecule has 11 heteroatoms. The van der Waals surface area contributed by atoms with Crippen LogP contribution in [0.3, 0.4) is 0 Å². The molecular formula is C18H16N4O6S. The standard InChI is InChI=1S/C18H16N4O6S/c1-11(2)10-28-16-5-3-4-13(8-16)19-18(29)20-17(23)12-6-14(21(24)25)9-15(7-12)22(26)27/h3-9H,1,10H2,2H3,(H2,19,20,23,29). The van der Waals surface area contributed by atoms with E-state index < -0.39 is 27.1 Å². The van der Waals surface area contributed by atoms with E-state index in [9.17, 15) is 25.0 Å². The van der Waals surface area contributed by atoms with E-state index in [1.807, 2.05) is 6.92 Å². The fourth-order valence-corrected chi connectivity index (χ4v) is 2.36. The molecule has 29 heavy (non-hydrogen) atoms. The minimum Gasteiger partial charge on any atom is -0.489 e. The third-order valence-corrected chi connectivity index (χ3v) is 3.59. The second kappa shape index (κ2) is 9.37. The Balaban J connectivity index is 2.10. The van der Waals surface area contributed by atoms with Gasteiger partial charge in [-0.1, -0.05) is 12.6 Å². The fraction of sp³-hybridized carbons (Fsp3) is 0.111. The maximum Gasteiger partial charge on any atom is 0.277 e. The number of anilines is 1. The van der Waals surface area contributed by atoms with E-state index in [2.05, 4.69) is 17.2 Å². The first-order chi connectivity index (χ1) is 13.7. The highest BCUT2D eigenvalue weighted by atomic mass is 32.1. The molecule has 0 aliphatic heterocycles. The van der Waals surface area contributed by atoms with Crippen LogP contribution in [0.4, 0.5) is 17.1 Å². The summed E-state index contributed by atoms with van der Waals surface area (Å²) in [6.07, 6.45) is 0. The maximum absolute atomic E-state index is 12.3. The van der Waals surface area contributed by atoms with Crippen LogP contribution in [0.1, 0.15) is 17.3 Å². The largest absolute Gasteiger partial charge is 0.489 e. The van der Waals surface area contributed by atoms with Crippen LogP contribution >= 0.6 is 12.2 Å². The Morgan fingerprint density at radius 3 is 2.31 bits per heavy atom. The van der Waals surface area contributed by atoms with Crippen molar-refractivity contribution in [3.63, 3.8) is 0 Å². The van der Waals surface area contributed by atoms with Gasteiger partial charge in [-0.15, -0.1) is 0 Å². The van der Waals surface area contributed by atoms with Crippen molar-refractivity contribution >= 4 is 40.3 Å². The van der Waals surface area contributed by atoms with E-state index in [1.165, 1.54) is 0 Å². The number of ether oxygens (including phenoxy) is 1. The zero-order valence-electron chi connectivity index (χ0n) is 15.2. The molecule has 0 saturated heterocycles. The van der Waals surface area contributed by atoms with Crippen molar-refractivity contribution in [2.75, 3.05) is 11.9 Å². The molecule has 0 bridgehead atoms. The number of nitrogens with one attached hydrogen (secondary N) is 2. The maximum atomic E-state index is 12.3. The summed E-state index contributed by atoms with van der Waals surface area (Å²) in [7, 11) is 0. The Labute approximate surface area is 170 Å². The Kier molecular flexibility index (Phi) is 6.93. The second-order valence-electron chi connectivity index (χ2n) is 5.93. The summed E-state index contributed by atoms with van der Waals surface area (Å²) in [5, 5.41) is 26.9. The van der Waals surface area contributed by atoms with Crippen LogP contribution in [0.5, 0.6) is 5.75 Å². The number of nitro benzene ring substituents is 2. The molecule has 0 heterocycles. The van der Waals surface area contributed by atoms with Crippen molar-refractivity contribution in [2.24, 2.45) is 0 Å². The molecule has 0 aliphatic rings. The highest BCUT2D eigenvalue weighted by molar-refractivity contribution is 7.80. The Morgan fingerprint density at radius 1 is 1.14 bits per heavy atom. The lowest BCUT2D eigenvalue weighted by molar-refractivity contribution is -0.394. The number of thiocarbonyl (C=S) groups is 1. The van der Waals surface area contributed by atoms with E-state index in [4.69, 9.17) is 17.0 Å². The smallest absolute Gasteiger partial charge is 0.277 e. The van der Waals surface area contributed by atoms with Gasteiger partial charge in [-0.05, 0) is 36.8 Å². The van der Waals surface area contributed by atoms with Crippen molar-refractivity contribution in [3.05, 3.63) is 80.4 Å². The van der Waals surface area contributed by atoms with Gasteiger partial charge in [-0.25, -0.2) is 0 Å². The van der Waals surface area contributed by atoms with Gasteiger partial charge in [0.1, 0.15) is 12.4 Å². The van der Waals surface area contributed by atoms with Crippen LogP contribution < -0.4 is 15.4 Å². The van der Waals surface area contributed by atoms with Gasteiger partial charge in [-0.3, -0.25) is 30.3 Å². The minimum atomic E-state index is -0.830. The first-order valence-electron chi connectivity index (χ1n) is 8.09. The summed E-state index contributed by atoms with van der Waals surface area (Å²) in [6.45, 7) is 5.91. The molecule has 0 spiro atoms. The van der Waals surface area contributed by atoms with E-state index in [1.54, 1.807) is 24.3 Å². The average Bonchev–Trinajstić information content (AvgIpc) is 2.66. The molecule has 0 unspecified atom stereocenters. The first-order valence-corrected chi connectivity index (χ1v) is 8.50. The van der Waals surface area contributed by atoms with Crippen molar-refractivity contribution in [2.45, 2.75) is 6.92 Å². The third-order valence-electron chi connectivity index (χ3n) is 3.39. The first kappa shape index (κ1) is 21.4. The van der Waals surface area contributed by atoms with E-state index in [0.29, 0.717) is 18.0 Å². The average molecular weight is 416 g/mol. The van der Waals surface area contributed by atoms with Gasteiger partial charge in [0.2, 0.25) is 0 Å². The molecule has 2 aromatic rings. The SMILES string of the molecule is C=C(C)COc1cccc(NC(=S)NC(=O)c2cc([N+](=O)[O-])cc([N+](=O)[O-])c2)c1. The van der Waals surface area contributed by atoms with Crippen molar-refractivity contribution in [1.82, 2.24) is 5.32 Å². The zero-order valence-corrected chi connectivity index (χ0v) is 16.0. The number of hydrogen-bond donors (Lipinski definition) is 2. The molecule has 0 atom stereocenters. The van der Waals surface area contributed by atoms with Crippen LogP contribution in [0.15, 0.2) is 54.6 Å². The highest BCUT2D eigenvalue weighted by Gasteiger charge is 2.20. The van der Waals surface area contributed by atoms with Gasteiger partial charge in [-0.2, -0.15) is 0 Å². The quantitative estimate of drug-likeness (QED) is 0.302. The molecule has 0 aliphatic carbocycles. The Hall–Kier alpha value is -3.86. The monoisotopic (exact) mass is 416 g/mol. The van der Waals surface area contributed by atoms with Crippen molar-refractivity contribution < 1.29 is 19.4 Å². The topological polar surface area (TPSA) is 137 Å². The number of amides is 1. The third kappa shape index (κ3) is 6.36. The summed E-state index contributed by atoms with van der Waals surface area (Å²) < 4.78 is 5.51. The van der Waals surface area contributed by atoms with E-state index in [-0.39, 0.29) is 10.7 Å². The second-order valence-corrected chi connectivity index (χ2v) is 6.34. The molecule has 2 aromatic carbocycles. The van der Waals surface area contributed by atoms with Gasteiger partial charge in [0.15, 0.2) is 5.11 Å². The number of non-ortho nitro benzene ring substituents is 2. The van der Waals surface area contributed by atoms with E-state index in [0.717, 1.165) is 23.8 Å². The number of rotatable bonds is 7. The molecule has 1 amide bonds. The van der Waals surface area contributed by atoms with Crippen LogP contribution in [0.25, 0.3) is 0 Å². The van der Waals surface area contributed by atoms with Gasteiger partial charge < -0.3 is 10.1 Å². The van der Waals surface area contributed by atoms with Crippen molar-refractivity contribution in [1.29, 1.82) is 0 Å². The summed E-state index contributed by atoms with van der Waals surface area (Å²) in [4.78, 5) is 32.5. The van der Waals surface area contributed by atoms with Gasteiger partial charge in [0.05, 0.1) is 21.5 Å². The van der Waals surface area contributed by atoms with Gasteiger partial charge in [0, 0.05) is 23.9 Å². The van der Waals surface area contributed by atoms with Crippen LogP contribution in [0, 0.1) is 20.2 Å². The molecule has 0 fully saturated rings. The lowest BCUT2D eigenvalue weighted by Gasteiger charge is -2.11. The van der Waals surface area contributed by atoms with Gasteiger partial charge >= 0.3 is 0 Å². The number of carbonyl (C=O) groups is 1. The summed E-state index contributed by atoms with van der Waals surface area (Å²) in [6, 6.07) is 9.41. The number of carbonyl (C=O) groups excluding carboxylic acids is 1. The summed E-state index contributed by atoms with van der Waals surface area (Å²) in [5.41, 5.74) is -0.0542. The molecule has 0 radical (unpaired) electrons. The zero-order chi connectivity index (χ0) is 21.6. The minimum absolute atomic E-state index is 0.0961. The van der Waals surface area contributed by atoms with Crippen LogP contribution in [-0.4, -0.2) is 27.5 Å². The number of nitro groups is 2. The summed E-state index contributed by atoms with van der Waals surface area (Å²) >= 11 is 5.06. The predicted molar refractivity (Wildman–Crippen MR) is 110 cm³/mol. The van der Waals surface area contributed by atoms with E-state index >= 15 is 0 Å². The highest BCUT2D eigenvalue weighted by Crippen LogP contribution is 2.23. The molecule has 0 saturated carbocycles. The number of benzene rings is 2. The molecular weight excluding hydrogens is 400 g/mol. The molecule has 2 rings (SSSR count). The van der Waals surface area contributed by atoms with Crippen molar-refractivity contribution in [3.8, 4) is 5.75 Å². The molecule has 2 N–H and O–H groups in total. The van der Waals surface area contributed by atoms with Crippen LogP contribution in [-0.2, 0) is 0 Å². The normalized spacial score (nSPS) is 9.97. The van der Waals surface area contributed by atoms with Gasteiger partial charge in [0.25, 0.3) is 17.3 Å². The molecule has 0 aromatic heterocycles. The lowest BCUT2D eigenvalue weighted by Crippen LogP contribution is -2.34. The Bertz CT molecular complexity index is 975. The lowest BCUT2D eigenvalue weighted by atomic mass is 10.1. The summed E-state index contributed by atoms with van der Waals surface area (Å²) in [5.74, 6) is -0.273. The molecule has 150 valence electrons. The van der Waals surface area contributed by atoms with Crippen LogP contribution in [0.2, 0.25) is 0 Å². The number of nitrogens with zero attached hydrogens (tertiary/aromatic N) is 2. The predicted octanol–water partition coefficient (Wildman–Crippen LogP) is 3.58. The number of hydrogen-bond acceptors (Lipinski definition) is 7. The Morgan fingerprint density at radius 2 is 1.76 bits per heavy atom.